The third kappa shape index (κ3) is 3.18. The minimum atomic E-state index is -0.0757. The molecule has 0 aliphatic heterocycles. The average molecular weight is 497 g/mol. The van der Waals surface area contributed by atoms with Gasteiger partial charge in [-0.15, -0.1) is 0 Å². The highest BCUT2D eigenvalue weighted by molar-refractivity contribution is 6.21. The Hall–Kier alpha value is -4.68. The van der Waals surface area contributed by atoms with Crippen molar-refractivity contribution in [2.45, 2.75) is 19.3 Å². The van der Waals surface area contributed by atoms with Gasteiger partial charge >= 0.3 is 0 Å². The van der Waals surface area contributed by atoms with Crippen molar-refractivity contribution in [2.75, 3.05) is 0 Å². The van der Waals surface area contributed by atoms with Crippen LogP contribution >= 0.6 is 0 Å². The van der Waals surface area contributed by atoms with Crippen molar-refractivity contribution >= 4 is 54.7 Å². The molecule has 0 saturated heterocycles. The highest BCUT2D eigenvalue weighted by Gasteiger charge is 2.35. The van der Waals surface area contributed by atoms with Gasteiger partial charge in [-0.3, -0.25) is 0 Å². The molecular formula is C39H28. The molecule has 0 nitrogen and oxygen atoms in total. The minimum Gasteiger partial charge on any atom is -0.0619 e. The predicted octanol–water partition coefficient (Wildman–Crippen LogP) is 10.8. The maximum atomic E-state index is 2.42. The van der Waals surface area contributed by atoms with E-state index in [9.17, 15) is 0 Å². The van der Waals surface area contributed by atoms with Gasteiger partial charge in [-0.05, 0) is 88.6 Å². The van der Waals surface area contributed by atoms with E-state index in [4.69, 9.17) is 0 Å². The lowest BCUT2D eigenvalue weighted by Crippen LogP contribution is -2.16. The molecule has 0 aromatic heterocycles. The Balaban J connectivity index is 1.45. The van der Waals surface area contributed by atoms with Crippen LogP contribution in [0, 0.1) is 0 Å². The number of allylic oxidation sites excluding steroid dienone is 1. The molecule has 8 rings (SSSR count). The molecule has 1 aliphatic rings. The maximum Gasteiger partial charge on any atom is 0.0159 e. The number of rotatable bonds is 2. The standard InChI is InChI=1S/C39H28/c1-39(2)35-18-10-4-12-27(35)24-36(39)38-33-16-8-6-14-31(33)37(32-15-7-9-17-34(32)38)28-21-22-30-26(23-28)20-19-25-11-3-5-13-29(25)30/h3-24H,1-2H3. The molecule has 0 unspecified atom stereocenters. The van der Waals surface area contributed by atoms with Gasteiger partial charge in [-0.2, -0.15) is 0 Å². The van der Waals surface area contributed by atoms with Crippen molar-refractivity contribution < 1.29 is 0 Å². The molecule has 0 bridgehead atoms. The minimum absolute atomic E-state index is 0.0757. The van der Waals surface area contributed by atoms with Crippen LogP contribution in [0.1, 0.15) is 30.5 Å². The van der Waals surface area contributed by atoms with Crippen LogP contribution in [0.3, 0.4) is 0 Å². The Bertz CT molecular complexity index is 2080. The largest absolute Gasteiger partial charge is 0.0619 e. The second-order valence-corrected chi connectivity index (χ2v) is 11.3. The third-order valence-corrected chi connectivity index (χ3v) is 8.84. The first-order chi connectivity index (χ1) is 19.1. The number of hydrogen-bond acceptors (Lipinski definition) is 0. The molecule has 184 valence electrons. The SMILES string of the molecule is CC1(C)C(c2c3ccccc3c(-c3ccc4c(ccc5ccccc54)c3)c3ccccc23)=Cc2ccccc21. The van der Waals surface area contributed by atoms with Crippen molar-refractivity contribution in [3.05, 3.63) is 144 Å². The Morgan fingerprint density at radius 2 is 0.974 bits per heavy atom. The number of benzene rings is 7. The molecule has 0 heteroatoms. The lowest BCUT2D eigenvalue weighted by Gasteiger charge is -2.28. The summed E-state index contributed by atoms with van der Waals surface area (Å²) in [6.07, 6.45) is 2.42. The second kappa shape index (κ2) is 8.16. The summed E-state index contributed by atoms with van der Waals surface area (Å²) in [4.78, 5) is 0. The van der Waals surface area contributed by atoms with Crippen molar-refractivity contribution in [1.29, 1.82) is 0 Å². The first-order valence-corrected chi connectivity index (χ1v) is 13.8. The smallest absolute Gasteiger partial charge is 0.0159 e. The zero-order valence-corrected chi connectivity index (χ0v) is 22.2. The highest BCUT2D eigenvalue weighted by Crippen LogP contribution is 2.51. The predicted molar refractivity (Wildman–Crippen MR) is 169 cm³/mol. The zero-order chi connectivity index (χ0) is 26.1. The summed E-state index contributed by atoms with van der Waals surface area (Å²) < 4.78 is 0. The first kappa shape index (κ1) is 22.3. The molecule has 0 N–H and O–H groups in total. The molecule has 0 amide bonds. The topological polar surface area (TPSA) is 0 Å². The van der Waals surface area contributed by atoms with E-state index in [1.165, 1.54) is 76.5 Å². The van der Waals surface area contributed by atoms with Gasteiger partial charge in [0.2, 0.25) is 0 Å². The summed E-state index contributed by atoms with van der Waals surface area (Å²) in [6.45, 7) is 4.74. The van der Waals surface area contributed by atoms with Gasteiger partial charge in [0.15, 0.2) is 0 Å². The Morgan fingerprint density at radius 3 is 1.67 bits per heavy atom. The Morgan fingerprint density at radius 1 is 0.436 bits per heavy atom. The molecule has 0 atom stereocenters. The van der Waals surface area contributed by atoms with E-state index in [1.54, 1.807) is 0 Å². The van der Waals surface area contributed by atoms with Gasteiger partial charge < -0.3 is 0 Å². The van der Waals surface area contributed by atoms with Gasteiger partial charge in [0.05, 0.1) is 0 Å². The van der Waals surface area contributed by atoms with Crippen LogP contribution in [0.5, 0.6) is 0 Å². The van der Waals surface area contributed by atoms with Crippen LogP contribution in [0.15, 0.2) is 127 Å². The fourth-order valence-electron chi connectivity index (χ4n) is 6.96. The fourth-order valence-corrected chi connectivity index (χ4v) is 6.96. The first-order valence-electron chi connectivity index (χ1n) is 13.8. The monoisotopic (exact) mass is 496 g/mol. The van der Waals surface area contributed by atoms with Crippen molar-refractivity contribution in [3.63, 3.8) is 0 Å². The Labute approximate surface area is 228 Å². The normalized spacial score (nSPS) is 14.3. The highest BCUT2D eigenvalue weighted by atomic mass is 14.4. The van der Waals surface area contributed by atoms with E-state index in [0.29, 0.717) is 0 Å². The van der Waals surface area contributed by atoms with E-state index < -0.39 is 0 Å². The number of fused-ring (bicyclic) bond motifs is 6. The maximum absolute atomic E-state index is 2.42. The Kier molecular flexibility index (Phi) is 4.67. The van der Waals surface area contributed by atoms with E-state index in [1.807, 2.05) is 0 Å². The van der Waals surface area contributed by atoms with Gasteiger partial charge in [0, 0.05) is 5.41 Å². The summed E-state index contributed by atoms with van der Waals surface area (Å²) in [6, 6.07) is 47.0. The lowest BCUT2D eigenvalue weighted by molar-refractivity contribution is 0.705. The van der Waals surface area contributed by atoms with Crippen molar-refractivity contribution in [2.24, 2.45) is 0 Å². The average Bonchev–Trinajstić information content (AvgIpc) is 3.25. The molecule has 7 aromatic carbocycles. The van der Waals surface area contributed by atoms with Crippen LogP contribution < -0.4 is 0 Å². The molecule has 0 heterocycles. The summed E-state index contributed by atoms with van der Waals surface area (Å²) in [7, 11) is 0. The summed E-state index contributed by atoms with van der Waals surface area (Å²) >= 11 is 0. The van der Waals surface area contributed by atoms with Crippen molar-refractivity contribution in [3.8, 4) is 11.1 Å². The molecule has 0 saturated carbocycles. The van der Waals surface area contributed by atoms with Crippen LogP contribution in [0.2, 0.25) is 0 Å². The molecule has 0 radical (unpaired) electrons. The molecule has 0 fully saturated rings. The van der Waals surface area contributed by atoms with Gasteiger partial charge in [-0.25, -0.2) is 0 Å². The third-order valence-electron chi connectivity index (χ3n) is 8.84. The van der Waals surface area contributed by atoms with Crippen LogP contribution in [-0.2, 0) is 5.41 Å². The van der Waals surface area contributed by atoms with Crippen LogP contribution in [0.25, 0.3) is 65.9 Å². The second-order valence-electron chi connectivity index (χ2n) is 11.3. The summed E-state index contributed by atoms with van der Waals surface area (Å²) in [5.74, 6) is 0. The van der Waals surface area contributed by atoms with E-state index in [0.717, 1.165) is 0 Å². The van der Waals surface area contributed by atoms with E-state index in [-0.39, 0.29) is 5.41 Å². The van der Waals surface area contributed by atoms with E-state index >= 15 is 0 Å². The molecular weight excluding hydrogens is 468 g/mol. The van der Waals surface area contributed by atoms with Crippen molar-refractivity contribution in [1.82, 2.24) is 0 Å². The summed E-state index contributed by atoms with van der Waals surface area (Å²) in [5, 5.41) is 10.4. The van der Waals surface area contributed by atoms with Gasteiger partial charge in [0.25, 0.3) is 0 Å². The van der Waals surface area contributed by atoms with E-state index in [2.05, 4.69) is 147 Å². The fraction of sp³-hybridized carbons (Fsp3) is 0.0769. The molecule has 39 heavy (non-hydrogen) atoms. The van der Waals surface area contributed by atoms with Gasteiger partial charge in [-0.1, -0.05) is 135 Å². The lowest BCUT2D eigenvalue weighted by atomic mass is 9.75. The zero-order valence-electron chi connectivity index (χ0n) is 22.2. The molecule has 7 aromatic rings. The van der Waals surface area contributed by atoms with Crippen LogP contribution in [0.4, 0.5) is 0 Å². The van der Waals surface area contributed by atoms with Gasteiger partial charge in [0.1, 0.15) is 0 Å². The molecule has 1 aliphatic carbocycles. The van der Waals surface area contributed by atoms with Crippen LogP contribution in [-0.4, -0.2) is 0 Å². The molecule has 0 spiro atoms. The summed E-state index contributed by atoms with van der Waals surface area (Å²) in [5.41, 5.74) is 7.99. The number of hydrogen-bond donors (Lipinski definition) is 0. The quantitative estimate of drug-likeness (QED) is 0.165.